The maximum atomic E-state index is 12.6. The van der Waals surface area contributed by atoms with Gasteiger partial charge in [-0.2, -0.15) is 5.26 Å². The van der Waals surface area contributed by atoms with E-state index in [1.807, 2.05) is 20.9 Å². The minimum Gasteiger partial charge on any atom is -0.344 e. The Balaban J connectivity index is 2.70. The lowest BCUT2D eigenvalue weighted by Gasteiger charge is -2.34. The highest BCUT2D eigenvalue weighted by atomic mass is 16.2. The molecule has 0 heterocycles. The van der Waals surface area contributed by atoms with Crippen molar-refractivity contribution in [2.75, 3.05) is 13.6 Å². The van der Waals surface area contributed by atoms with Gasteiger partial charge in [0.05, 0.1) is 6.07 Å². The monoisotopic (exact) mass is 250 g/mol. The predicted molar refractivity (Wildman–Crippen MR) is 72.8 cm³/mol. The van der Waals surface area contributed by atoms with Crippen molar-refractivity contribution < 1.29 is 4.79 Å². The fraction of sp³-hybridized carbons (Fsp3) is 0.867. The second-order valence-corrected chi connectivity index (χ2v) is 5.68. The summed E-state index contributed by atoms with van der Waals surface area (Å²) in [7, 11) is 1.86. The summed E-state index contributed by atoms with van der Waals surface area (Å²) in [5, 5.41) is 9.47. The third-order valence-electron chi connectivity index (χ3n) is 4.08. The lowest BCUT2D eigenvalue weighted by molar-refractivity contribution is -0.139. The molecule has 0 aromatic rings. The smallest absolute Gasteiger partial charge is 0.242 e. The first-order chi connectivity index (χ1) is 8.59. The Kier molecular flexibility index (Phi) is 5.65. The Morgan fingerprint density at radius 3 is 2.22 bits per heavy atom. The molecule has 102 valence electrons. The number of carbonyl (C=O) groups excluding carboxylic acids is 1. The molecule has 1 fully saturated rings. The van der Waals surface area contributed by atoms with Crippen LogP contribution in [0.2, 0.25) is 0 Å². The van der Waals surface area contributed by atoms with Crippen LogP contribution in [0.25, 0.3) is 0 Å². The summed E-state index contributed by atoms with van der Waals surface area (Å²) in [5.41, 5.74) is -0.776. The van der Waals surface area contributed by atoms with Gasteiger partial charge in [-0.15, -0.1) is 0 Å². The fourth-order valence-electron chi connectivity index (χ4n) is 2.86. The number of nitriles is 1. The molecule has 0 atom stereocenters. The summed E-state index contributed by atoms with van der Waals surface area (Å²) < 4.78 is 0. The second-order valence-electron chi connectivity index (χ2n) is 5.68. The lowest BCUT2D eigenvalue weighted by atomic mass is 9.78. The normalized spacial score (nSPS) is 15.9. The highest BCUT2D eigenvalue weighted by Crippen LogP contribution is 2.33. The van der Waals surface area contributed by atoms with Gasteiger partial charge in [0, 0.05) is 13.6 Å². The average Bonchev–Trinajstić information content (AvgIpc) is 2.32. The van der Waals surface area contributed by atoms with E-state index in [1.165, 1.54) is 19.3 Å². The molecule has 0 radical (unpaired) electrons. The third-order valence-corrected chi connectivity index (χ3v) is 4.08. The molecule has 0 aliphatic heterocycles. The van der Waals surface area contributed by atoms with Crippen molar-refractivity contribution in [3.05, 3.63) is 0 Å². The first-order valence-electron chi connectivity index (χ1n) is 7.26. The van der Waals surface area contributed by atoms with Crippen molar-refractivity contribution in [3.63, 3.8) is 0 Å². The Labute approximate surface area is 111 Å². The summed E-state index contributed by atoms with van der Waals surface area (Å²) in [6, 6.07) is 2.32. The van der Waals surface area contributed by atoms with Crippen LogP contribution in [0.1, 0.15) is 58.8 Å². The van der Waals surface area contributed by atoms with Gasteiger partial charge in [0.1, 0.15) is 5.41 Å². The van der Waals surface area contributed by atoms with E-state index in [0.717, 1.165) is 19.4 Å². The first kappa shape index (κ1) is 15.0. The van der Waals surface area contributed by atoms with E-state index in [4.69, 9.17) is 0 Å². The lowest BCUT2D eigenvalue weighted by Crippen LogP contribution is -2.44. The molecular formula is C15H26N2O. The molecule has 1 aliphatic carbocycles. The number of nitrogens with zero attached hydrogens (tertiary/aromatic N) is 2. The Morgan fingerprint density at radius 1 is 1.33 bits per heavy atom. The summed E-state index contributed by atoms with van der Waals surface area (Å²) in [5.74, 6) is 0.708. The van der Waals surface area contributed by atoms with Gasteiger partial charge < -0.3 is 4.90 Å². The summed E-state index contributed by atoms with van der Waals surface area (Å²) >= 11 is 0. The van der Waals surface area contributed by atoms with Crippen molar-refractivity contribution in [3.8, 4) is 6.07 Å². The van der Waals surface area contributed by atoms with Crippen molar-refractivity contribution >= 4 is 5.91 Å². The van der Waals surface area contributed by atoms with Crippen LogP contribution in [0, 0.1) is 22.7 Å². The number of hydrogen-bond donors (Lipinski definition) is 0. The van der Waals surface area contributed by atoms with Crippen molar-refractivity contribution in [2.24, 2.45) is 11.3 Å². The van der Waals surface area contributed by atoms with E-state index >= 15 is 0 Å². The van der Waals surface area contributed by atoms with Gasteiger partial charge in [-0.1, -0.05) is 33.1 Å². The maximum absolute atomic E-state index is 12.6. The number of hydrogen-bond acceptors (Lipinski definition) is 2. The van der Waals surface area contributed by atoms with Crippen LogP contribution < -0.4 is 0 Å². The maximum Gasteiger partial charge on any atom is 0.242 e. The van der Waals surface area contributed by atoms with Crippen LogP contribution >= 0.6 is 0 Å². The molecule has 0 aromatic heterocycles. The molecule has 1 rings (SSSR count). The van der Waals surface area contributed by atoms with Gasteiger partial charge in [0.2, 0.25) is 5.91 Å². The third kappa shape index (κ3) is 3.25. The predicted octanol–water partition coefficient (Wildman–Crippen LogP) is 3.36. The Morgan fingerprint density at radius 2 is 1.89 bits per heavy atom. The van der Waals surface area contributed by atoms with Gasteiger partial charge in [-0.25, -0.2) is 0 Å². The highest BCUT2D eigenvalue weighted by molar-refractivity contribution is 5.85. The molecule has 18 heavy (non-hydrogen) atoms. The van der Waals surface area contributed by atoms with Gasteiger partial charge in [0.25, 0.3) is 0 Å². The van der Waals surface area contributed by atoms with E-state index in [9.17, 15) is 10.1 Å². The van der Waals surface area contributed by atoms with Crippen LogP contribution in [-0.2, 0) is 4.79 Å². The number of carbonyl (C=O) groups is 1. The standard InChI is InChI=1S/C15H26N2O/c1-4-9-15(12-16,10-5-2)14(18)17(3)11-13-7-6-8-13/h13H,4-11H2,1-3H3. The largest absolute Gasteiger partial charge is 0.344 e. The zero-order chi connectivity index (χ0) is 13.6. The van der Waals surface area contributed by atoms with E-state index in [2.05, 4.69) is 6.07 Å². The Bertz CT molecular complexity index is 309. The fourth-order valence-corrected chi connectivity index (χ4v) is 2.86. The molecule has 1 aliphatic rings. The van der Waals surface area contributed by atoms with Crippen molar-refractivity contribution in [1.29, 1.82) is 5.26 Å². The molecule has 0 aromatic carbocycles. The molecule has 1 saturated carbocycles. The van der Waals surface area contributed by atoms with Gasteiger partial charge in [0.15, 0.2) is 0 Å². The van der Waals surface area contributed by atoms with Gasteiger partial charge in [-0.05, 0) is 31.6 Å². The molecular weight excluding hydrogens is 224 g/mol. The summed E-state index contributed by atoms with van der Waals surface area (Å²) in [4.78, 5) is 14.4. The average molecular weight is 250 g/mol. The van der Waals surface area contributed by atoms with Gasteiger partial charge in [-0.3, -0.25) is 4.79 Å². The van der Waals surface area contributed by atoms with E-state index in [0.29, 0.717) is 18.8 Å². The Hall–Kier alpha value is -1.04. The van der Waals surface area contributed by atoms with Crippen molar-refractivity contribution in [1.82, 2.24) is 4.90 Å². The highest BCUT2D eigenvalue weighted by Gasteiger charge is 2.39. The van der Waals surface area contributed by atoms with Crippen LogP contribution in [0.3, 0.4) is 0 Å². The molecule has 0 saturated heterocycles. The molecule has 3 heteroatoms. The topological polar surface area (TPSA) is 44.1 Å². The minimum absolute atomic E-state index is 0.0422. The van der Waals surface area contributed by atoms with Crippen LogP contribution in [0.4, 0.5) is 0 Å². The zero-order valence-electron chi connectivity index (χ0n) is 12.0. The van der Waals surface area contributed by atoms with Gasteiger partial charge >= 0.3 is 0 Å². The van der Waals surface area contributed by atoms with Crippen LogP contribution in [-0.4, -0.2) is 24.4 Å². The van der Waals surface area contributed by atoms with Crippen LogP contribution in [0.15, 0.2) is 0 Å². The molecule has 0 unspecified atom stereocenters. The molecule has 0 N–H and O–H groups in total. The minimum atomic E-state index is -0.776. The molecule has 1 amide bonds. The number of amides is 1. The van der Waals surface area contributed by atoms with E-state index in [1.54, 1.807) is 4.90 Å². The van der Waals surface area contributed by atoms with Crippen molar-refractivity contribution in [2.45, 2.75) is 58.8 Å². The SMILES string of the molecule is CCCC(C#N)(CCC)C(=O)N(C)CC1CCC1. The van der Waals surface area contributed by atoms with E-state index < -0.39 is 5.41 Å². The second kappa shape index (κ2) is 6.78. The quantitative estimate of drug-likeness (QED) is 0.695. The molecule has 0 bridgehead atoms. The molecule has 3 nitrogen and oxygen atoms in total. The van der Waals surface area contributed by atoms with Crippen LogP contribution in [0.5, 0.6) is 0 Å². The zero-order valence-corrected chi connectivity index (χ0v) is 12.0. The first-order valence-corrected chi connectivity index (χ1v) is 7.26. The summed E-state index contributed by atoms with van der Waals surface area (Å²) in [6.45, 7) is 4.91. The molecule has 0 spiro atoms. The van der Waals surface area contributed by atoms with E-state index in [-0.39, 0.29) is 5.91 Å². The number of rotatable bonds is 7. The summed E-state index contributed by atoms with van der Waals surface area (Å²) in [6.07, 6.45) is 6.90.